The Labute approximate surface area is 182 Å². The lowest BCUT2D eigenvalue weighted by Crippen LogP contribution is -2.30. The molecule has 1 aromatic heterocycles. The van der Waals surface area contributed by atoms with Crippen molar-refractivity contribution in [3.63, 3.8) is 0 Å². The predicted octanol–water partition coefficient (Wildman–Crippen LogP) is 6.25. The number of unbranched alkanes of at least 4 members (excludes halogenated alkanes) is 2. The molecule has 1 aliphatic heterocycles. The van der Waals surface area contributed by atoms with Gasteiger partial charge >= 0.3 is 0 Å². The van der Waals surface area contributed by atoms with E-state index in [4.69, 9.17) is 16.0 Å². The molecule has 0 radical (unpaired) electrons. The summed E-state index contributed by atoms with van der Waals surface area (Å²) in [5.74, 6) is -0.0848. The average molecular weight is 475 g/mol. The minimum Gasteiger partial charge on any atom is -0.450 e. The van der Waals surface area contributed by atoms with Crippen LogP contribution in [0.25, 0.3) is 11.0 Å². The van der Waals surface area contributed by atoms with Crippen molar-refractivity contribution in [2.45, 2.75) is 39.2 Å². The van der Waals surface area contributed by atoms with Gasteiger partial charge in [0.2, 0.25) is 5.76 Å². The Morgan fingerprint density at radius 1 is 1.17 bits per heavy atom. The lowest BCUT2D eigenvalue weighted by molar-refractivity contribution is 0.0724. The summed E-state index contributed by atoms with van der Waals surface area (Å²) in [4.78, 5) is 28.5. The van der Waals surface area contributed by atoms with Crippen molar-refractivity contribution >= 4 is 44.4 Å². The van der Waals surface area contributed by atoms with Gasteiger partial charge in [0.25, 0.3) is 5.91 Å². The fourth-order valence-corrected chi connectivity index (χ4v) is 4.51. The van der Waals surface area contributed by atoms with Gasteiger partial charge in [-0.3, -0.25) is 9.59 Å². The fraction of sp³-hybridized carbons (Fsp3) is 0.304. The predicted molar refractivity (Wildman–Crippen MR) is 119 cm³/mol. The number of benzene rings is 2. The average Bonchev–Trinajstić information content (AvgIpc) is 2.96. The molecule has 29 heavy (non-hydrogen) atoms. The Morgan fingerprint density at radius 2 is 1.97 bits per heavy atom. The molecule has 3 aromatic rings. The lowest BCUT2D eigenvalue weighted by atomic mass is 9.98. The summed E-state index contributed by atoms with van der Waals surface area (Å²) in [7, 11) is 0. The molecule has 4 nitrogen and oxygen atoms in total. The first-order chi connectivity index (χ1) is 13.9. The van der Waals surface area contributed by atoms with E-state index in [1.165, 1.54) is 0 Å². The standard InChI is InChI=1S/C23H21BrClNO3/c1-3-4-5-9-26-20(14-7-6-8-15(24)11-14)19-21(27)16-12-17(25)13(2)10-18(16)29-22(19)23(26)28/h6-8,10-12,20H,3-5,9H2,1-2H3. The topological polar surface area (TPSA) is 50.5 Å². The summed E-state index contributed by atoms with van der Waals surface area (Å²) < 4.78 is 6.89. The molecule has 0 aliphatic carbocycles. The minimum absolute atomic E-state index is 0.144. The van der Waals surface area contributed by atoms with Crippen molar-refractivity contribution in [2.75, 3.05) is 6.54 Å². The molecular formula is C23H21BrClNO3. The number of carbonyl (C=O) groups is 1. The van der Waals surface area contributed by atoms with Gasteiger partial charge in [0, 0.05) is 16.0 Å². The van der Waals surface area contributed by atoms with Gasteiger partial charge in [-0.25, -0.2) is 0 Å². The number of fused-ring (bicyclic) bond motifs is 2. The highest BCUT2D eigenvalue weighted by Gasteiger charge is 2.42. The van der Waals surface area contributed by atoms with Crippen LogP contribution in [0, 0.1) is 6.92 Å². The summed E-state index contributed by atoms with van der Waals surface area (Å²) in [6, 6.07) is 10.6. The van der Waals surface area contributed by atoms with Crippen LogP contribution < -0.4 is 5.43 Å². The van der Waals surface area contributed by atoms with E-state index in [0.717, 1.165) is 34.9 Å². The van der Waals surface area contributed by atoms with Crippen LogP contribution in [0.4, 0.5) is 0 Å². The normalized spacial score (nSPS) is 15.9. The van der Waals surface area contributed by atoms with E-state index >= 15 is 0 Å². The molecule has 2 heterocycles. The highest BCUT2D eigenvalue weighted by molar-refractivity contribution is 9.10. The summed E-state index contributed by atoms with van der Waals surface area (Å²) in [6.45, 7) is 4.54. The van der Waals surface area contributed by atoms with Gasteiger partial charge < -0.3 is 9.32 Å². The zero-order chi connectivity index (χ0) is 20.7. The van der Waals surface area contributed by atoms with Crippen molar-refractivity contribution < 1.29 is 9.21 Å². The highest BCUT2D eigenvalue weighted by Crippen LogP contribution is 2.39. The molecular weight excluding hydrogens is 454 g/mol. The molecule has 0 bridgehead atoms. The monoisotopic (exact) mass is 473 g/mol. The maximum Gasteiger partial charge on any atom is 0.290 e. The van der Waals surface area contributed by atoms with E-state index in [0.29, 0.717) is 28.1 Å². The molecule has 6 heteroatoms. The van der Waals surface area contributed by atoms with Gasteiger partial charge in [-0.15, -0.1) is 0 Å². The zero-order valence-electron chi connectivity index (χ0n) is 16.3. The maximum absolute atomic E-state index is 13.5. The summed E-state index contributed by atoms with van der Waals surface area (Å²) >= 11 is 9.76. The van der Waals surface area contributed by atoms with Gasteiger partial charge in [0.1, 0.15) is 5.58 Å². The van der Waals surface area contributed by atoms with Crippen LogP contribution in [0.5, 0.6) is 0 Å². The third-order valence-corrected chi connectivity index (χ3v) is 6.31. The second-order valence-electron chi connectivity index (χ2n) is 7.43. The number of carbonyl (C=O) groups excluding carboxylic acids is 1. The van der Waals surface area contributed by atoms with Gasteiger partial charge in [0.05, 0.1) is 17.0 Å². The minimum atomic E-state index is -0.465. The zero-order valence-corrected chi connectivity index (χ0v) is 18.6. The van der Waals surface area contributed by atoms with E-state index < -0.39 is 6.04 Å². The molecule has 1 amide bonds. The second kappa shape index (κ2) is 7.96. The quantitative estimate of drug-likeness (QED) is 0.411. The third-order valence-electron chi connectivity index (χ3n) is 5.41. The van der Waals surface area contributed by atoms with E-state index in [9.17, 15) is 9.59 Å². The van der Waals surface area contributed by atoms with Gasteiger partial charge in [-0.2, -0.15) is 0 Å². The van der Waals surface area contributed by atoms with E-state index in [1.54, 1.807) is 17.0 Å². The third kappa shape index (κ3) is 3.51. The largest absolute Gasteiger partial charge is 0.450 e. The van der Waals surface area contributed by atoms with Crippen molar-refractivity contribution in [3.8, 4) is 0 Å². The number of hydrogen-bond acceptors (Lipinski definition) is 3. The Morgan fingerprint density at radius 3 is 2.69 bits per heavy atom. The first kappa shape index (κ1) is 20.2. The first-order valence-electron chi connectivity index (χ1n) is 9.75. The van der Waals surface area contributed by atoms with Crippen molar-refractivity contribution in [1.29, 1.82) is 0 Å². The highest BCUT2D eigenvalue weighted by atomic mass is 79.9. The van der Waals surface area contributed by atoms with Crippen LogP contribution in [-0.2, 0) is 0 Å². The molecule has 1 atom stereocenters. The Kier molecular flexibility index (Phi) is 5.54. The fourth-order valence-electron chi connectivity index (χ4n) is 3.93. The summed E-state index contributed by atoms with van der Waals surface area (Å²) in [6.07, 6.45) is 2.94. The number of halogens is 2. The number of amides is 1. The Bertz CT molecular complexity index is 1170. The van der Waals surface area contributed by atoms with Gasteiger partial charge in [-0.1, -0.05) is 59.4 Å². The Hall–Kier alpha value is -2.11. The van der Waals surface area contributed by atoms with Crippen molar-refractivity contribution in [2.24, 2.45) is 0 Å². The molecule has 1 aliphatic rings. The molecule has 0 saturated heterocycles. The van der Waals surface area contributed by atoms with Crippen LogP contribution in [0.1, 0.15) is 59.5 Å². The van der Waals surface area contributed by atoms with Crippen molar-refractivity contribution in [3.05, 3.63) is 78.6 Å². The number of aryl methyl sites for hydroxylation is 1. The van der Waals surface area contributed by atoms with Crippen molar-refractivity contribution in [1.82, 2.24) is 4.90 Å². The van der Waals surface area contributed by atoms with Crippen LogP contribution >= 0.6 is 27.5 Å². The molecule has 0 N–H and O–H groups in total. The van der Waals surface area contributed by atoms with Gasteiger partial charge in [0.15, 0.2) is 5.43 Å². The molecule has 4 rings (SSSR count). The smallest absolute Gasteiger partial charge is 0.290 e. The Balaban J connectivity index is 1.95. The van der Waals surface area contributed by atoms with E-state index in [2.05, 4.69) is 22.9 Å². The molecule has 150 valence electrons. The molecule has 1 unspecified atom stereocenters. The number of nitrogens with zero attached hydrogens (tertiary/aromatic N) is 1. The number of rotatable bonds is 5. The molecule has 0 fully saturated rings. The maximum atomic E-state index is 13.5. The van der Waals surface area contributed by atoms with E-state index in [1.807, 2.05) is 31.2 Å². The number of hydrogen-bond donors (Lipinski definition) is 0. The molecule has 0 spiro atoms. The SMILES string of the molecule is CCCCCN1C(=O)c2oc3cc(C)c(Cl)cc3c(=O)c2C1c1cccc(Br)c1. The van der Waals surface area contributed by atoms with E-state index in [-0.39, 0.29) is 17.1 Å². The summed E-state index contributed by atoms with van der Waals surface area (Å²) in [5, 5.41) is 0.912. The van der Waals surface area contributed by atoms with Crippen LogP contribution in [-0.4, -0.2) is 17.4 Å². The summed E-state index contributed by atoms with van der Waals surface area (Å²) in [5.41, 5.74) is 2.28. The van der Waals surface area contributed by atoms with Crippen LogP contribution in [0.3, 0.4) is 0 Å². The van der Waals surface area contributed by atoms with Gasteiger partial charge in [-0.05, 0) is 48.7 Å². The first-order valence-corrected chi connectivity index (χ1v) is 10.9. The van der Waals surface area contributed by atoms with Crippen LogP contribution in [0.15, 0.2) is 50.1 Å². The van der Waals surface area contributed by atoms with Crippen LogP contribution in [0.2, 0.25) is 5.02 Å². The molecule has 2 aromatic carbocycles. The molecule has 0 saturated carbocycles. The lowest BCUT2D eigenvalue weighted by Gasteiger charge is -2.25. The second-order valence-corrected chi connectivity index (χ2v) is 8.76.